The van der Waals surface area contributed by atoms with Crippen LogP contribution in [0.15, 0.2) is 24.4 Å². The van der Waals surface area contributed by atoms with E-state index >= 15 is 0 Å². The summed E-state index contributed by atoms with van der Waals surface area (Å²) in [4.78, 5) is 10.2. The Morgan fingerprint density at radius 2 is 2.33 bits per heavy atom. The maximum atomic E-state index is 10.7. The van der Waals surface area contributed by atoms with Crippen molar-refractivity contribution in [1.29, 1.82) is 0 Å². The molecule has 0 unspecified atom stereocenters. The number of aryl methyl sites for hydroxylation is 1. The predicted molar refractivity (Wildman–Crippen MR) is 66.4 cm³/mol. The molecule has 0 fully saturated rings. The van der Waals surface area contributed by atoms with Crippen molar-refractivity contribution in [2.24, 2.45) is 7.05 Å². The predicted octanol–water partition coefficient (Wildman–Crippen LogP) is 1.99. The molecule has 0 amide bonds. The number of nitro benzene ring substituents is 1. The molecule has 8 heteroatoms. The lowest BCUT2D eigenvalue weighted by atomic mass is 10.2. The van der Waals surface area contributed by atoms with Gasteiger partial charge in [0.15, 0.2) is 0 Å². The average Bonchev–Trinajstić information content (AvgIpc) is 2.73. The zero-order chi connectivity index (χ0) is 13.1. The summed E-state index contributed by atoms with van der Waals surface area (Å²) in [7, 11) is 1.76. The monoisotopic (exact) mass is 267 g/mol. The molecule has 0 aliphatic rings. The maximum Gasteiger partial charge on any atom is 0.289 e. The van der Waals surface area contributed by atoms with Crippen LogP contribution in [0.3, 0.4) is 0 Å². The number of anilines is 1. The van der Waals surface area contributed by atoms with E-state index in [0.717, 1.165) is 5.69 Å². The van der Waals surface area contributed by atoms with Crippen LogP contribution in [0, 0.1) is 10.1 Å². The van der Waals surface area contributed by atoms with Crippen LogP contribution in [0.2, 0.25) is 5.02 Å². The second-order valence-electron chi connectivity index (χ2n) is 3.60. The van der Waals surface area contributed by atoms with Gasteiger partial charge in [-0.25, -0.2) is 0 Å². The number of benzene rings is 1. The highest BCUT2D eigenvalue weighted by atomic mass is 35.5. The highest BCUT2D eigenvalue weighted by Crippen LogP contribution is 2.31. The van der Waals surface area contributed by atoms with Crippen molar-refractivity contribution in [1.82, 2.24) is 15.0 Å². The first-order valence-corrected chi connectivity index (χ1v) is 5.47. The zero-order valence-corrected chi connectivity index (χ0v) is 10.3. The lowest BCUT2D eigenvalue weighted by Gasteiger charge is -2.07. The first kappa shape index (κ1) is 12.3. The van der Waals surface area contributed by atoms with Gasteiger partial charge in [0.2, 0.25) is 0 Å². The summed E-state index contributed by atoms with van der Waals surface area (Å²) in [5.41, 5.74) is 1.23. The van der Waals surface area contributed by atoms with Crippen LogP contribution in [0.1, 0.15) is 5.69 Å². The minimum Gasteiger partial charge on any atom is -0.378 e. The number of hydrogen-bond donors (Lipinski definition) is 1. The van der Waals surface area contributed by atoms with Gasteiger partial charge >= 0.3 is 0 Å². The van der Waals surface area contributed by atoms with E-state index in [-0.39, 0.29) is 10.7 Å². The standard InChI is InChI=1S/C10H10ClN5O2/c1-15-7(6-13-14-15)5-12-8-3-2-4-9(10(8)11)16(17)18/h2-4,6,12H,5H2,1H3. The molecule has 0 saturated heterocycles. The molecule has 1 aromatic heterocycles. The molecule has 0 aliphatic carbocycles. The van der Waals surface area contributed by atoms with E-state index in [1.54, 1.807) is 30.1 Å². The van der Waals surface area contributed by atoms with E-state index < -0.39 is 4.92 Å². The molecular formula is C10H10ClN5O2. The van der Waals surface area contributed by atoms with Crippen molar-refractivity contribution in [3.63, 3.8) is 0 Å². The lowest BCUT2D eigenvalue weighted by molar-refractivity contribution is -0.384. The van der Waals surface area contributed by atoms with Crippen molar-refractivity contribution in [3.05, 3.63) is 45.2 Å². The van der Waals surface area contributed by atoms with E-state index in [9.17, 15) is 10.1 Å². The Kier molecular flexibility index (Phi) is 3.42. The topological polar surface area (TPSA) is 85.9 Å². The lowest BCUT2D eigenvalue weighted by Crippen LogP contribution is -2.06. The van der Waals surface area contributed by atoms with Gasteiger partial charge in [-0.05, 0) is 6.07 Å². The number of nitro groups is 1. The minimum absolute atomic E-state index is 0.0950. The summed E-state index contributed by atoms with van der Waals surface area (Å²) < 4.78 is 1.61. The second-order valence-corrected chi connectivity index (χ2v) is 3.98. The van der Waals surface area contributed by atoms with Crippen molar-refractivity contribution in [3.8, 4) is 0 Å². The summed E-state index contributed by atoms with van der Waals surface area (Å²) in [6.45, 7) is 0.435. The molecule has 7 nitrogen and oxygen atoms in total. The number of nitrogens with one attached hydrogen (secondary N) is 1. The fraction of sp³-hybridized carbons (Fsp3) is 0.200. The summed E-state index contributed by atoms with van der Waals surface area (Å²) in [5, 5.41) is 21.4. The molecule has 2 aromatic rings. The van der Waals surface area contributed by atoms with Gasteiger partial charge in [-0.2, -0.15) is 0 Å². The molecule has 18 heavy (non-hydrogen) atoms. The normalized spacial score (nSPS) is 10.3. The Balaban J connectivity index is 2.17. The third-order valence-corrected chi connectivity index (χ3v) is 2.84. The SMILES string of the molecule is Cn1nncc1CNc1cccc([N+](=O)[O-])c1Cl. The van der Waals surface area contributed by atoms with Crippen LogP contribution in [-0.4, -0.2) is 19.9 Å². The van der Waals surface area contributed by atoms with Crippen LogP contribution in [0.4, 0.5) is 11.4 Å². The average molecular weight is 268 g/mol. The van der Waals surface area contributed by atoms with Crippen LogP contribution < -0.4 is 5.32 Å². The summed E-state index contributed by atoms with van der Waals surface area (Å²) in [6, 6.07) is 4.62. The summed E-state index contributed by atoms with van der Waals surface area (Å²) >= 11 is 5.94. The molecule has 2 rings (SSSR count). The Morgan fingerprint density at radius 1 is 1.56 bits per heavy atom. The quantitative estimate of drug-likeness (QED) is 0.676. The van der Waals surface area contributed by atoms with Gasteiger partial charge in [0.1, 0.15) is 5.02 Å². The fourth-order valence-electron chi connectivity index (χ4n) is 1.45. The number of nitrogens with zero attached hydrogens (tertiary/aromatic N) is 4. The Bertz CT molecular complexity index is 583. The second kappa shape index (κ2) is 5.01. The van der Waals surface area contributed by atoms with Gasteiger partial charge in [0.25, 0.3) is 5.69 Å². The molecule has 0 atom stereocenters. The molecule has 0 radical (unpaired) electrons. The molecule has 94 valence electrons. The fourth-order valence-corrected chi connectivity index (χ4v) is 1.72. The molecule has 1 heterocycles. The summed E-state index contributed by atoms with van der Waals surface area (Å²) in [5.74, 6) is 0. The van der Waals surface area contributed by atoms with Crippen LogP contribution in [0.25, 0.3) is 0 Å². The van der Waals surface area contributed by atoms with Gasteiger partial charge in [-0.3, -0.25) is 14.8 Å². The largest absolute Gasteiger partial charge is 0.378 e. The molecular weight excluding hydrogens is 258 g/mol. The van der Waals surface area contributed by atoms with E-state index in [4.69, 9.17) is 11.6 Å². The number of rotatable bonds is 4. The van der Waals surface area contributed by atoms with Gasteiger partial charge < -0.3 is 5.32 Å². The van der Waals surface area contributed by atoms with Gasteiger partial charge in [-0.1, -0.05) is 22.9 Å². The first-order valence-electron chi connectivity index (χ1n) is 5.10. The van der Waals surface area contributed by atoms with Crippen LogP contribution in [-0.2, 0) is 13.6 Å². The number of aromatic nitrogens is 3. The Labute approximate surface area is 108 Å². The third kappa shape index (κ3) is 2.40. The van der Waals surface area contributed by atoms with Crippen molar-refractivity contribution in [2.45, 2.75) is 6.54 Å². The Hall–Kier alpha value is -2.15. The first-order chi connectivity index (χ1) is 8.59. The third-order valence-electron chi connectivity index (χ3n) is 2.44. The summed E-state index contributed by atoms with van der Waals surface area (Å²) in [6.07, 6.45) is 1.61. The van der Waals surface area contributed by atoms with Gasteiger partial charge in [-0.15, -0.1) is 5.10 Å². The highest BCUT2D eigenvalue weighted by Gasteiger charge is 2.15. The van der Waals surface area contributed by atoms with E-state index in [1.165, 1.54) is 6.07 Å². The zero-order valence-electron chi connectivity index (χ0n) is 9.50. The van der Waals surface area contributed by atoms with Crippen molar-refractivity contribution >= 4 is 23.0 Å². The van der Waals surface area contributed by atoms with Crippen molar-refractivity contribution < 1.29 is 4.92 Å². The molecule has 0 spiro atoms. The molecule has 1 aromatic carbocycles. The van der Waals surface area contributed by atoms with E-state index in [1.807, 2.05) is 0 Å². The molecule has 0 aliphatic heterocycles. The Morgan fingerprint density at radius 3 is 2.94 bits per heavy atom. The smallest absolute Gasteiger partial charge is 0.289 e. The van der Waals surface area contributed by atoms with Crippen LogP contribution in [0.5, 0.6) is 0 Å². The molecule has 1 N–H and O–H groups in total. The molecule has 0 bridgehead atoms. The number of hydrogen-bond acceptors (Lipinski definition) is 5. The minimum atomic E-state index is -0.515. The highest BCUT2D eigenvalue weighted by molar-refractivity contribution is 6.35. The molecule has 0 saturated carbocycles. The van der Waals surface area contributed by atoms with Gasteiger partial charge in [0.05, 0.1) is 29.0 Å². The van der Waals surface area contributed by atoms with Gasteiger partial charge in [0, 0.05) is 13.1 Å². The van der Waals surface area contributed by atoms with Crippen LogP contribution >= 0.6 is 11.6 Å². The number of halogens is 1. The van der Waals surface area contributed by atoms with E-state index in [0.29, 0.717) is 12.2 Å². The maximum absolute atomic E-state index is 10.7. The van der Waals surface area contributed by atoms with E-state index in [2.05, 4.69) is 15.6 Å². The van der Waals surface area contributed by atoms with Crippen molar-refractivity contribution in [2.75, 3.05) is 5.32 Å².